The topological polar surface area (TPSA) is 80.5 Å². The van der Waals surface area contributed by atoms with Gasteiger partial charge in [-0.1, -0.05) is 35.9 Å². The van der Waals surface area contributed by atoms with Crippen molar-refractivity contribution in [1.82, 2.24) is 31.9 Å². The number of carbonyl (C=O) groups is 1. The van der Waals surface area contributed by atoms with Gasteiger partial charge in [-0.05, 0) is 37.6 Å². The highest BCUT2D eigenvalue weighted by atomic mass is 16.2. The Balaban J connectivity index is 1.54. The molecule has 0 aromatic heterocycles. The zero-order valence-electron chi connectivity index (χ0n) is 14.7. The smallest absolute Gasteiger partial charge is 0.276 e. The largest absolute Gasteiger partial charge is 0.363 e. The number of carbonyl (C=O) groups excluding carboxylic acids is 1. The fraction of sp³-hybridized carbons (Fsp3) is 0.211. The van der Waals surface area contributed by atoms with E-state index >= 15 is 0 Å². The van der Waals surface area contributed by atoms with E-state index in [9.17, 15) is 4.79 Å². The van der Waals surface area contributed by atoms with E-state index in [4.69, 9.17) is 0 Å². The first-order valence-corrected chi connectivity index (χ1v) is 8.59. The third-order valence-corrected chi connectivity index (χ3v) is 4.52. The van der Waals surface area contributed by atoms with Gasteiger partial charge in [-0.2, -0.15) is 0 Å². The van der Waals surface area contributed by atoms with Crippen molar-refractivity contribution >= 4 is 5.91 Å². The standard InChI is InChI=1S/C19H22N6O/c1-12-5-3-6-14(11-12)15-8-9-17-21-13(2)18(25(17)24-15)19(26)22-16-7-4-10-20-23-16/h3-11,15,17,20-21,23-24H,1-2H3,(H,22,26). The molecule has 3 aliphatic heterocycles. The number of allylic oxidation sites excluding steroid dienone is 3. The molecule has 26 heavy (non-hydrogen) atoms. The Hall–Kier alpha value is -3.19. The van der Waals surface area contributed by atoms with Gasteiger partial charge in [-0.3, -0.25) is 15.2 Å². The monoisotopic (exact) mass is 350 g/mol. The van der Waals surface area contributed by atoms with Gasteiger partial charge in [0.05, 0.1) is 6.04 Å². The van der Waals surface area contributed by atoms with Crippen molar-refractivity contribution in [3.63, 3.8) is 0 Å². The molecular weight excluding hydrogens is 328 g/mol. The lowest BCUT2D eigenvalue weighted by atomic mass is 10.0. The van der Waals surface area contributed by atoms with Crippen molar-refractivity contribution < 1.29 is 4.79 Å². The predicted octanol–water partition coefficient (Wildman–Crippen LogP) is 1.15. The van der Waals surface area contributed by atoms with Crippen LogP contribution in [0, 0.1) is 6.92 Å². The third-order valence-electron chi connectivity index (χ3n) is 4.52. The van der Waals surface area contributed by atoms with Crippen LogP contribution in [-0.2, 0) is 4.79 Å². The van der Waals surface area contributed by atoms with E-state index in [-0.39, 0.29) is 18.1 Å². The molecule has 1 amide bonds. The van der Waals surface area contributed by atoms with E-state index < -0.39 is 0 Å². The van der Waals surface area contributed by atoms with Crippen molar-refractivity contribution in [2.75, 3.05) is 0 Å². The van der Waals surface area contributed by atoms with Crippen LogP contribution in [0.2, 0.25) is 0 Å². The van der Waals surface area contributed by atoms with Crippen LogP contribution in [0.5, 0.6) is 0 Å². The van der Waals surface area contributed by atoms with Gasteiger partial charge in [-0.15, -0.1) is 0 Å². The minimum atomic E-state index is -0.181. The number of benzene rings is 1. The lowest BCUT2D eigenvalue weighted by Gasteiger charge is -2.34. The molecule has 0 saturated heterocycles. The summed E-state index contributed by atoms with van der Waals surface area (Å²) in [5.41, 5.74) is 13.0. The number of aryl methyl sites for hydroxylation is 1. The summed E-state index contributed by atoms with van der Waals surface area (Å²) in [6, 6.07) is 8.37. The first-order chi connectivity index (χ1) is 12.6. The number of nitrogens with zero attached hydrogens (tertiary/aromatic N) is 1. The van der Waals surface area contributed by atoms with Gasteiger partial charge in [-0.25, -0.2) is 5.43 Å². The van der Waals surface area contributed by atoms with Crippen LogP contribution in [0.15, 0.2) is 72.0 Å². The van der Waals surface area contributed by atoms with Crippen molar-refractivity contribution in [2.24, 2.45) is 0 Å². The zero-order valence-corrected chi connectivity index (χ0v) is 14.7. The highest BCUT2D eigenvalue weighted by Crippen LogP contribution is 2.27. The van der Waals surface area contributed by atoms with Crippen LogP contribution in [0.25, 0.3) is 0 Å². The molecule has 134 valence electrons. The van der Waals surface area contributed by atoms with E-state index in [0.29, 0.717) is 11.5 Å². The Morgan fingerprint density at radius 1 is 1.23 bits per heavy atom. The Morgan fingerprint density at radius 3 is 2.88 bits per heavy atom. The molecule has 5 N–H and O–H groups in total. The first kappa shape index (κ1) is 16.3. The van der Waals surface area contributed by atoms with Crippen LogP contribution in [0.1, 0.15) is 24.1 Å². The van der Waals surface area contributed by atoms with Gasteiger partial charge in [0.2, 0.25) is 0 Å². The molecule has 7 heteroatoms. The summed E-state index contributed by atoms with van der Waals surface area (Å²) >= 11 is 0. The number of nitrogens with one attached hydrogen (secondary N) is 5. The Labute approximate surface area is 152 Å². The average Bonchev–Trinajstić information content (AvgIpc) is 2.97. The molecule has 7 nitrogen and oxygen atoms in total. The summed E-state index contributed by atoms with van der Waals surface area (Å²) in [4.78, 5) is 12.8. The molecule has 3 heterocycles. The number of hydrogen-bond donors (Lipinski definition) is 5. The van der Waals surface area contributed by atoms with Crippen LogP contribution < -0.4 is 26.9 Å². The molecule has 0 bridgehead atoms. The maximum Gasteiger partial charge on any atom is 0.276 e. The minimum Gasteiger partial charge on any atom is -0.363 e. The zero-order chi connectivity index (χ0) is 18.1. The van der Waals surface area contributed by atoms with Crippen molar-refractivity contribution in [3.05, 3.63) is 83.1 Å². The van der Waals surface area contributed by atoms with Gasteiger partial charge in [0.15, 0.2) is 0 Å². The van der Waals surface area contributed by atoms with Gasteiger partial charge in [0.25, 0.3) is 5.91 Å². The van der Waals surface area contributed by atoms with E-state index in [2.05, 4.69) is 64.2 Å². The first-order valence-electron chi connectivity index (χ1n) is 8.59. The predicted molar refractivity (Wildman–Crippen MR) is 99.3 cm³/mol. The second-order valence-corrected chi connectivity index (χ2v) is 6.50. The summed E-state index contributed by atoms with van der Waals surface area (Å²) in [5.74, 6) is 0.420. The Kier molecular flexibility index (Phi) is 4.14. The van der Waals surface area contributed by atoms with E-state index in [1.165, 1.54) is 5.56 Å². The lowest BCUT2D eigenvalue weighted by molar-refractivity contribution is -0.119. The highest BCUT2D eigenvalue weighted by Gasteiger charge is 2.36. The van der Waals surface area contributed by atoms with Gasteiger partial charge >= 0.3 is 0 Å². The van der Waals surface area contributed by atoms with Crippen LogP contribution >= 0.6 is 0 Å². The quantitative estimate of drug-likeness (QED) is 0.527. The van der Waals surface area contributed by atoms with Gasteiger partial charge < -0.3 is 16.1 Å². The molecule has 1 aromatic rings. The summed E-state index contributed by atoms with van der Waals surface area (Å²) in [5, 5.41) is 8.11. The van der Waals surface area contributed by atoms with Crippen LogP contribution in [-0.4, -0.2) is 17.1 Å². The molecule has 0 aliphatic carbocycles. The number of amides is 1. The number of hydrazine groups is 2. The number of rotatable bonds is 3. The summed E-state index contributed by atoms with van der Waals surface area (Å²) in [7, 11) is 0. The molecule has 2 unspecified atom stereocenters. The summed E-state index contributed by atoms with van der Waals surface area (Å²) in [6.45, 7) is 3.98. The SMILES string of the molecule is CC1=C(C(=O)NC2=CC=CNN2)N2NC(c3cccc(C)c3)C=CC2N1. The molecule has 0 spiro atoms. The number of fused-ring (bicyclic) bond motifs is 1. The van der Waals surface area contributed by atoms with E-state index in [1.807, 2.05) is 24.1 Å². The van der Waals surface area contributed by atoms with Crippen molar-refractivity contribution in [2.45, 2.75) is 26.1 Å². The van der Waals surface area contributed by atoms with E-state index in [1.54, 1.807) is 12.3 Å². The molecule has 0 radical (unpaired) electrons. The maximum atomic E-state index is 12.8. The molecule has 2 atom stereocenters. The molecule has 0 saturated carbocycles. The van der Waals surface area contributed by atoms with E-state index in [0.717, 1.165) is 11.3 Å². The highest BCUT2D eigenvalue weighted by molar-refractivity contribution is 5.95. The molecule has 0 fully saturated rings. The molecule has 1 aromatic carbocycles. The normalized spacial score (nSPS) is 23.6. The fourth-order valence-electron chi connectivity index (χ4n) is 3.30. The van der Waals surface area contributed by atoms with Crippen LogP contribution in [0.3, 0.4) is 0 Å². The summed E-state index contributed by atoms with van der Waals surface area (Å²) in [6.07, 6.45) is 9.48. The minimum absolute atomic E-state index is 0.0123. The molecular formula is C19H22N6O. The van der Waals surface area contributed by atoms with Gasteiger partial charge in [0, 0.05) is 11.9 Å². The second kappa shape index (κ2) is 6.61. The van der Waals surface area contributed by atoms with Crippen LogP contribution in [0.4, 0.5) is 0 Å². The fourth-order valence-corrected chi connectivity index (χ4v) is 3.30. The number of hydrogen-bond acceptors (Lipinski definition) is 6. The molecule has 3 aliphatic rings. The van der Waals surface area contributed by atoms with Crippen molar-refractivity contribution in [1.29, 1.82) is 0 Å². The Morgan fingerprint density at radius 2 is 2.12 bits per heavy atom. The maximum absolute atomic E-state index is 12.8. The average molecular weight is 350 g/mol. The lowest BCUT2D eigenvalue weighted by Crippen LogP contribution is -2.51. The Bertz CT molecular complexity index is 853. The second-order valence-electron chi connectivity index (χ2n) is 6.50. The third kappa shape index (κ3) is 3.04. The van der Waals surface area contributed by atoms with Crippen molar-refractivity contribution in [3.8, 4) is 0 Å². The molecule has 4 rings (SSSR count). The van der Waals surface area contributed by atoms with Gasteiger partial charge in [0.1, 0.15) is 17.7 Å². The summed E-state index contributed by atoms with van der Waals surface area (Å²) < 4.78 is 0.